The molecule has 0 amide bonds. The lowest BCUT2D eigenvalue weighted by Gasteiger charge is -2.11. The number of carboxylic acid groups (broad SMARTS) is 1. The van der Waals surface area contributed by atoms with Gasteiger partial charge in [0.05, 0.1) is 9.50 Å². The molecule has 0 spiro atoms. The molecule has 2 rings (SSSR count). The molecule has 0 fully saturated rings. The normalized spacial score (nSPS) is 10.3. The van der Waals surface area contributed by atoms with Gasteiger partial charge in [-0.25, -0.2) is 9.18 Å². The molecule has 0 saturated carbocycles. The van der Waals surface area contributed by atoms with E-state index in [4.69, 9.17) is 21.4 Å². The zero-order valence-corrected chi connectivity index (χ0v) is 11.7. The number of aromatic carboxylic acids is 1. The molecule has 2 aromatic rings. The monoisotopic (exact) mass is 344 g/mol. The minimum atomic E-state index is -1.20. The Labute approximate surface area is 121 Å². The zero-order valence-electron chi connectivity index (χ0n) is 9.36. The SMILES string of the molecule is O=C(O)c1c(Cl)cccc1Oc1ccc(F)cc1Br. The summed E-state index contributed by atoms with van der Waals surface area (Å²) in [6, 6.07) is 8.33. The van der Waals surface area contributed by atoms with E-state index in [0.29, 0.717) is 10.2 Å². The van der Waals surface area contributed by atoms with Crippen molar-refractivity contribution in [1.82, 2.24) is 0 Å². The summed E-state index contributed by atoms with van der Waals surface area (Å²) in [5, 5.41) is 9.17. The van der Waals surface area contributed by atoms with E-state index in [0.717, 1.165) is 0 Å². The van der Waals surface area contributed by atoms with Crippen molar-refractivity contribution in [2.24, 2.45) is 0 Å². The summed E-state index contributed by atoms with van der Waals surface area (Å²) in [4.78, 5) is 11.1. The quantitative estimate of drug-likeness (QED) is 0.874. The van der Waals surface area contributed by atoms with E-state index in [1.165, 1.54) is 30.3 Å². The third-order valence-electron chi connectivity index (χ3n) is 2.30. The number of hydrogen-bond donors (Lipinski definition) is 1. The highest BCUT2D eigenvalue weighted by Crippen LogP contribution is 2.34. The average Bonchev–Trinajstić information content (AvgIpc) is 2.32. The summed E-state index contributed by atoms with van der Waals surface area (Å²) < 4.78 is 18.8. The van der Waals surface area contributed by atoms with Gasteiger partial charge in [-0.15, -0.1) is 0 Å². The molecular weight excluding hydrogens is 338 g/mol. The molecule has 0 bridgehead atoms. The largest absolute Gasteiger partial charge is 0.478 e. The molecule has 0 atom stereocenters. The van der Waals surface area contributed by atoms with Crippen molar-refractivity contribution in [1.29, 1.82) is 0 Å². The molecule has 19 heavy (non-hydrogen) atoms. The first-order valence-electron chi connectivity index (χ1n) is 5.13. The molecule has 2 aromatic carbocycles. The fourth-order valence-electron chi connectivity index (χ4n) is 1.47. The standard InChI is InChI=1S/C13H7BrClFO3/c14-8-6-7(16)4-5-10(8)19-11-3-1-2-9(15)12(11)13(17)18/h1-6H,(H,17,18). The van der Waals surface area contributed by atoms with Crippen LogP contribution in [0.3, 0.4) is 0 Å². The van der Waals surface area contributed by atoms with E-state index in [-0.39, 0.29) is 16.3 Å². The Balaban J connectivity index is 2.44. The van der Waals surface area contributed by atoms with Crippen LogP contribution in [0.4, 0.5) is 4.39 Å². The van der Waals surface area contributed by atoms with E-state index in [9.17, 15) is 9.18 Å². The van der Waals surface area contributed by atoms with Gasteiger partial charge in [-0.1, -0.05) is 17.7 Å². The number of carbonyl (C=O) groups is 1. The van der Waals surface area contributed by atoms with Crippen molar-refractivity contribution >= 4 is 33.5 Å². The van der Waals surface area contributed by atoms with Crippen molar-refractivity contribution in [3.63, 3.8) is 0 Å². The highest BCUT2D eigenvalue weighted by molar-refractivity contribution is 9.10. The van der Waals surface area contributed by atoms with Crippen molar-refractivity contribution < 1.29 is 19.0 Å². The van der Waals surface area contributed by atoms with E-state index in [1.807, 2.05) is 0 Å². The van der Waals surface area contributed by atoms with Crippen molar-refractivity contribution in [3.05, 3.63) is 57.3 Å². The smallest absolute Gasteiger partial charge is 0.341 e. The van der Waals surface area contributed by atoms with Gasteiger partial charge in [0.1, 0.15) is 22.9 Å². The van der Waals surface area contributed by atoms with E-state index < -0.39 is 11.8 Å². The van der Waals surface area contributed by atoms with Gasteiger partial charge in [-0.05, 0) is 46.3 Å². The maximum atomic E-state index is 13.0. The fraction of sp³-hybridized carbons (Fsp3) is 0. The summed E-state index contributed by atoms with van der Waals surface area (Å²) in [6.45, 7) is 0. The Morgan fingerprint density at radius 2 is 2.00 bits per heavy atom. The van der Waals surface area contributed by atoms with Gasteiger partial charge in [0.15, 0.2) is 0 Å². The summed E-state index contributed by atoms with van der Waals surface area (Å²) in [5.74, 6) is -1.24. The molecule has 0 aliphatic carbocycles. The number of benzene rings is 2. The highest BCUT2D eigenvalue weighted by Gasteiger charge is 2.17. The molecule has 3 nitrogen and oxygen atoms in total. The second-order valence-corrected chi connectivity index (χ2v) is 4.86. The molecule has 0 saturated heterocycles. The van der Waals surface area contributed by atoms with Gasteiger partial charge in [0.25, 0.3) is 0 Å². The number of halogens is 3. The number of carboxylic acids is 1. The zero-order chi connectivity index (χ0) is 14.0. The summed E-state index contributed by atoms with van der Waals surface area (Å²) in [7, 11) is 0. The van der Waals surface area contributed by atoms with E-state index in [2.05, 4.69) is 15.9 Å². The lowest BCUT2D eigenvalue weighted by Crippen LogP contribution is -2.01. The van der Waals surface area contributed by atoms with Crippen LogP contribution in [0, 0.1) is 5.82 Å². The molecule has 6 heteroatoms. The van der Waals surface area contributed by atoms with Crippen molar-refractivity contribution in [3.8, 4) is 11.5 Å². The molecule has 0 unspecified atom stereocenters. The summed E-state index contributed by atoms with van der Waals surface area (Å²) in [5.41, 5.74) is -0.139. The van der Waals surface area contributed by atoms with Crippen LogP contribution < -0.4 is 4.74 Å². The summed E-state index contributed by atoms with van der Waals surface area (Å²) in [6.07, 6.45) is 0. The predicted molar refractivity (Wildman–Crippen MR) is 72.6 cm³/mol. The van der Waals surface area contributed by atoms with Crippen molar-refractivity contribution in [2.75, 3.05) is 0 Å². The Hall–Kier alpha value is -1.59. The molecule has 98 valence electrons. The van der Waals surface area contributed by atoms with Crippen LogP contribution in [-0.4, -0.2) is 11.1 Å². The number of rotatable bonds is 3. The van der Waals surface area contributed by atoms with Crippen LogP contribution in [-0.2, 0) is 0 Å². The van der Waals surface area contributed by atoms with Gasteiger partial charge in [0, 0.05) is 0 Å². The van der Waals surface area contributed by atoms with Crippen LogP contribution in [0.5, 0.6) is 11.5 Å². The van der Waals surface area contributed by atoms with Crippen molar-refractivity contribution in [2.45, 2.75) is 0 Å². The molecular formula is C13H7BrClFO3. The molecule has 1 N–H and O–H groups in total. The van der Waals surface area contributed by atoms with Gasteiger partial charge >= 0.3 is 5.97 Å². The van der Waals surface area contributed by atoms with Crippen LogP contribution in [0.1, 0.15) is 10.4 Å². The van der Waals surface area contributed by atoms with Crippen LogP contribution in [0.2, 0.25) is 5.02 Å². The first kappa shape index (κ1) is 13.8. The fourth-order valence-corrected chi connectivity index (χ4v) is 2.15. The van der Waals surface area contributed by atoms with Crippen LogP contribution in [0.15, 0.2) is 40.9 Å². The first-order chi connectivity index (χ1) is 8.99. The van der Waals surface area contributed by atoms with E-state index in [1.54, 1.807) is 6.07 Å². The minimum absolute atomic E-state index is 0.0724. The Bertz CT molecular complexity index is 646. The molecule has 0 aliphatic rings. The number of ether oxygens (including phenoxy) is 1. The second-order valence-electron chi connectivity index (χ2n) is 3.59. The average molecular weight is 346 g/mol. The lowest BCUT2D eigenvalue weighted by atomic mass is 10.2. The Morgan fingerprint density at radius 3 is 2.63 bits per heavy atom. The summed E-state index contributed by atoms with van der Waals surface area (Å²) >= 11 is 8.96. The van der Waals surface area contributed by atoms with E-state index >= 15 is 0 Å². The molecule has 0 aliphatic heterocycles. The third kappa shape index (κ3) is 3.05. The third-order valence-corrected chi connectivity index (χ3v) is 3.24. The van der Waals surface area contributed by atoms with Crippen LogP contribution in [0.25, 0.3) is 0 Å². The second kappa shape index (κ2) is 5.59. The van der Waals surface area contributed by atoms with Gasteiger partial charge in [0.2, 0.25) is 0 Å². The molecule has 0 radical (unpaired) electrons. The van der Waals surface area contributed by atoms with Gasteiger partial charge in [-0.3, -0.25) is 0 Å². The minimum Gasteiger partial charge on any atom is -0.478 e. The Kier molecular flexibility index (Phi) is 4.07. The highest BCUT2D eigenvalue weighted by atomic mass is 79.9. The number of hydrogen-bond acceptors (Lipinski definition) is 2. The maximum Gasteiger partial charge on any atom is 0.341 e. The molecule has 0 heterocycles. The Morgan fingerprint density at radius 1 is 1.26 bits per heavy atom. The first-order valence-corrected chi connectivity index (χ1v) is 6.31. The molecule has 0 aromatic heterocycles. The van der Waals surface area contributed by atoms with Crippen LogP contribution >= 0.6 is 27.5 Å². The lowest BCUT2D eigenvalue weighted by molar-refractivity contribution is 0.0694. The topological polar surface area (TPSA) is 46.5 Å². The predicted octanol–water partition coefficient (Wildman–Crippen LogP) is 4.73. The maximum absolute atomic E-state index is 13.0. The van der Waals surface area contributed by atoms with Gasteiger partial charge in [-0.2, -0.15) is 0 Å². The van der Waals surface area contributed by atoms with Gasteiger partial charge < -0.3 is 9.84 Å².